The van der Waals surface area contributed by atoms with E-state index in [1.165, 1.54) is 0 Å². The average Bonchev–Trinajstić information content (AvgIpc) is 2.93. The Bertz CT molecular complexity index is 528. The predicted octanol–water partition coefficient (Wildman–Crippen LogP) is 1.59. The highest BCUT2D eigenvalue weighted by Crippen LogP contribution is 2.39. The second-order valence-corrected chi connectivity index (χ2v) is 5.65. The Kier molecular flexibility index (Phi) is 4.01. The molecule has 0 bridgehead atoms. The molecule has 1 amide bonds. The highest BCUT2D eigenvalue weighted by Gasteiger charge is 2.37. The Morgan fingerprint density at radius 1 is 1.29 bits per heavy atom. The zero-order valence-electron chi connectivity index (χ0n) is 12.6. The predicted molar refractivity (Wildman–Crippen MR) is 79.6 cm³/mol. The number of ether oxygens (including phenoxy) is 2. The number of rotatable bonds is 4. The summed E-state index contributed by atoms with van der Waals surface area (Å²) in [6.07, 6.45) is 2.04. The van der Waals surface area contributed by atoms with Crippen LogP contribution in [0.3, 0.4) is 0 Å². The van der Waals surface area contributed by atoms with Gasteiger partial charge in [-0.1, -0.05) is 0 Å². The zero-order chi connectivity index (χ0) is 14.8. The molecule has 21 heavy (non-hydrogen) atoms. The Morgan fingerprint density at radius 3 is 2.71 bits per heavy atom. The van der Waals surface area contributed by atoms with Crippen molar-refractivity contribution in [2.45, 2.75) is 18.9 Å². The molecule has 0 aromatic heterocycles. The minimum atomic E-state index is 0.124. The SMILES string of the molecule is COc1ccc(C2CCCN2C(=O)C2CNC2)c(OC)c1. The fraction of sp³-hybridized carbons (Fsp3) is 0.562. The molecule has 2 aliphatic heterocycles. The summed E-state index contributed by atoms with van der Waals surface area (Å²) in [4.78, 5) is 14.6. The highest BCUT2D eigenvalue weighted by atomic mass is 16.5. The number of hydrogen-bond acceptors (Lipinski definition) is 4. The smallest absolute Gasteiger partial charge is 0.228 e. The van der Waals surface area contributed by atoms with Crippen LogP contribution >= 0.6 is 0 Å². The van der Waals surface area contributed by atoms with Crippen molar-refractivity contribution in [2.24, 2.45) is 5.92 Å². The van der Waals surface area contributed by atoms with Crippen LogP contribution in [0.1, 0.15) is 24.4 Å². The van der Waals surface area contributed by atoms with E-state index in [0.717, 1.165) is 49.5 Å². The summed E-state index contributed by atoms with van der Waals surface area (Å²) in [5.74, 6) is 1.99. The molecule has 3 rings (SSSR count). The summed E-state index contributed by atoms with van der Waals surface area (Å²) in [6, 6.07) is 5.97. The van der Waals surface area contributed by atoms with Crippen LogP contribution in [0.25, 0.3) is 0 Å². The van der Waals surface area contributed by atoms with Crippen molar-refractivity contribution >= 4 is 5.91 Å². The Hall–Kier alpha value is -1.75. The van der Waals surface area contributed by atoms with Gasteiger partial charge in [0.05, 0.1) is 26.2 Å². The maximum absolute atomic E-state index is 12.6. The lowest BCUT2D eigenvalue weighted by Gasteiger charge is -2.34. The standard InChI is InChI=1S/C16H22N2O3/c1-20-12-5-6-13(15(8-12)21-2)14-4-3-7-18(14)16(19)11-9-17-10-11/h5-6,8,11,14,17H,3-4,7,9-10H2,1-2H3. The van der Waals surface area contributed by atoms with Gasteiger partial charge in [-0.25, -0.2) is 0 Å². The number of nitrogens with zero attached hydrogens (tertiary/aromatic N) is 1. The van der Waals surface area contributed by atoms with Crippen molar-refractivity contribution in [1.82, 2.24) is 10.2 Å². The Labute approximate surface area is 125 Å². The van der Waals surface area contributed by atoms with Gasteiger partial charge in [-0.2, -0.15) is 0 Å². The summed E-state index contributed by atoms with van der Waals surface area (Å²) in [5.41, 5.74) is 1.08. The number of likely N-dealkylation sites (tertiary alicyclic amines) is 1. The number of hydrogen-bond donors (Lipinski definition) is 1. The molecule has 0 aliphatic carbocycles. The molecule has 0 saturated carbocycles. The molecule has 1 unspecified atom stereocenters. The first-order valence-electron chi connectivity index (χ1n) is 7.47. The van der Waals surface area contributed by atoms with Gasteiger partial charge in [0.1, 0.15) is 11.5 Å². The van der Waals surface area contributed by atoms with Gasteiger partial charge in [-0.3, -0.25) is 4.79 Å². The lowest BCUT2D eigenvalue weighted by atomic mass is 9.98. The number of carbonyl (C=O) groups excluding carboxylic acids is 1. The number of benzene rings is 1. The minimum Gasteiger partial charge on any atom is -0.497 e. The van der Waals surface area contributed by atoms with E-state index >= 15 is 0 Å². The first-order valence-corrected chi connectivity index (χ1v) is 7.47. The van der Waals surface area contributed by atoms with Crippen LogP contribution in [-0.4, -0.2) is 44.7 Å². The van der Waals surface area contributed by atoms with Gasteiger partial charge >= 0.3 is 0 Å². The summed E-state index contributed by atoms with van der Waals surface area (Å²) >= 11 is 0. The van der Waals surface area contributed by atoms with E-state index in [-0.39, 0.29) is 17.9 Å². The van der Waals surface area contributed by atoms with Crippen molar-refractivity contribution in [3.8, 4) is 11.5 Å². The number of amides is 1. The normalized spacial score (nSPS) is 22.0. The topological polar surface area (TPSA) is 50.8 Å². The lowest BCUT2D eigenvalue weighted by Crippen LogP contribution is -2.51. The van der Waals surface area contributed by atoms with E-state index in [1.807, 2.05) is 23.1 Å². The van der Waals surface area contributed by atoms with E-state index in [2.05, 4.69) is 5.32 Å². The summed E-state index contributed by atoms with van der Waals surface area (Å²) in [5, 5.41) is 3.17. The van der Waals surface area contributed by atoms with Gasteiger partial charge in [0, 0.05) is 31.3 Å². The summed E-state index contributed by atoms with van der Waals surface area (Å²) in [7, 11) is 3.30. The molecule has 114 valence electrons. The fourth-order valence-corrected chi connectivity index (χ4v) is 3.15. The number of methoxy groups -OCH3 is 2. The minimum absolute atomic E-state index is 0.124. The molecular weight excluding hydrogens is 268 g/mol. The second kappa shape index (κ2) is 5.93. The van der Waals surface area contributed by atoms with Crippen LogP contribution in [-0.2, 0) is 4.79 Å². The van der Waals surface area contributed by atoms with Crippen molar-refractivity contribution in [3.63, 3.8) is 0 Å². The van der Waals surface area contributed by atoms with Crippen molar-refractivity contribution in [3.05, 3.63) is 23.8 Å². The maximum Gasteiger partial charge on any atom is 0.228 e. The lowest BCUT2D eigenvalue weighted by molar-refractivity contribution is -0.138. The third-order valence-electron chi connectivity index (χ3n) is 4.47. The van der Waals surface area contributed by atoms with Crippen molar-refractivity contribution in [1.29, 1.82) is 0 Å². The van der Waals surface area contributed by atoms with Gasteiger partial charge < -0.3 is 19.7 Å². The van der Waals surface area contributed by atoms with E-state index in [1.54, 1.807) is 14.2 Å². The largest absolute Gasteiger partial charge is 0.497 e. The molecule has 5 heteroatoms. The zero-order valence-corrected chi connectivity index (χ0v) is 12.6. The van der Waals surface area contributed by atoms with Crippen LogP contribution in [0.4, 0.5) is 0 Å². The second-order valence-electron chi connectivity index (χ2n) is 5.65. The monoisotopic (exact) mass is 290 g/mol. The molecule has 1 aromatic rings. The fourth-order valence-electron chi connectivity index (χ4n) is 3.15. The molecule has 1 atom stereocenters. The van der Waals surface area contributed by atoms with Gasteiger partial charge in [-0.05, 0) is 25.0 Å². The van der Waals surface area contributed by atoms with Gasteiger partial charge in [0.25, 0.3) is 0 Å². The highest BCUT2D eigenvalue weighted by molar-refractivity contribution is 5.81. The van der Waals surface area contributed by atoms with Gasteiger partial charge in [0.2, 0.25) is 5.91 Å². The third-order valence-corrected chi connectivity index (χ3v) is 4.47. The molecule has 5 nitrogen and oxygen atoms in total. The van der Waals surface area contributed by atoms with E-state index in [9.17, 15) is 4.79 Å². The Morgan fingerprint density at radius 2 is 2.10 bits per heavy atom. The molecular formula is C16H22N2O3. The van der Waals surface area contributed by atoms with Crippen molar-refractivity contribution < 1.29 is 14.3 Å². The summed E-state index contributed by atoms with van der Waals surface area (Å²) in [6.45, 7) is 2.46. The van der Waals surface area contributed by atoms with Crippen LogP contribution in [0.2, 0.25) is 0 Å². The quantitative estimate of drug-likeness (QED) is 0.915. The third kappa shape index (κ3) is 2.58. The van der Waals surface area contributed by atoms with E-state index in [0.29, 0.717) is 0 Å². The van der Waals surface area contributed by atoms with Crippen LogP contribution < -0.4 is 14.8 Å². The van der Waals surface area contributed by atoms with Crippen LogP contribution in [0.5, 0.6) is 11.5 Å². The maximum atomic E-state index is 12.6. The van der Waals surface area contributed by atoms with Crippen LogP contribution in [0.15, 0.2) is 18.2 Å². The molecule has 2 heterocycles. The first kappa shape index (κ1) is 14.2. The number of nitrogens with one attached hydrogen (secondary N) is 1. The first-order chi connectivity index (χ1) is 10.2. The van der Waals surface area contributed by atoms with E-state index < -0.39 is 0 Å². The van der Waals surface area contributed by atoms with Gasteiger partial charge in [0.15, 0.2) is 0 Å². The molecule has 1 N–H and O–H groups in total. The molecule has 2 saturated heterocycles. The molecule has 1 aromatic carbocycles. The molecule has 2 fully saturated rings. The summed E-state index contributed by atoms with van der Waals surface area (Å²) < 4.78 is 10.7. The van der Waals surface area contributed by atoms with E-state index in [4.69, 9.17) is 9.47 Å². The van der Waals surface area contributed by atoms with Gasteiger partial charge in [-0.15, -0.1) is 0 Å². The number of carbonyl (C=O) groups is 1. The molecule has 0 radical (unpaired) electrons. The average molecular weight is 290 g/mol. The Balaban J connectivity index is 1.85. The van der Waals surface area contributed by atoms with Crippen LogP contribution in [0, 0.1) is 5.92 Å². The molecule has 2 aliphatic rings. The molecule has 0 spiro atoms. The van der Waals surface area contributed by atoms with Crippen molar-refractivity contribution in [2.75, 3.05) is 33.9 Å².